The topological polar surface area (TPSA) is 61.8 Å². The summed E-state index contributed by atoms with van der Waals surface area (Å²) in [7, 11) is 0. The molecule has 0 amide bonds. The fourth-order valence-electron chi connectivity index (χ4n) is 2.58. The van der Waals surface area contributed by atoms with Crippen LogP contribution in [-0.2, 0) is 0 Å². The number of amidine groups is 1. The first-order chi connectivity index (χ1) is 9.94. The van der Waals surface area contributed by atoms with Crippen molar-refractivity contribution in [2.75, 3.05) is 11.4 Å². The Morgan fingerprint density at radius 1 is 1.33 bits per heavy atom. The molecule has 0 atom stereocenters. The zero-order chi connectivity index (χ0) is 16.0. The van der Waals surface area contributed by atoms with Gasteiger partial charge in [-0.15, -0.1) is 0 Å². The van der Waals surface area contributed by atoms with Crippen LogP contribution in [0.15, 0.2) is 27.8 Å². The summed E-state index contributed by atoms with van der Waals surface area (Å²) in [5.74, 6) is 0.681. The number of rotatable bonds is 7. The summed E-state index contributed by atoms with van der Waals surface area (Å²) in [5, 5.41) is 12.2. The summed E-state index contributed by atoms with van der Waals surface area (Å²) in [6, 6.07) is 6.39. The molecule has 1 aromatic carbocycles. The maximum absolute atomic E-state index is 9.05. The Bertz CT molecular complexity index is 484. The van der Waals surface area contributed by atoms with Crippen LogP contribution in [-0.4, -0.2) is 23.6 Å². The summed E-state index contributed by atoms with van der Waals surface area (Å²) in [4.78, 5) is 2.38. The van der Waals surface area contributed by atoms with E-state index in [4.69, 9.17) is 10.9 Å². The third-order valence-electron chi connectivity index (χ3n) is 3.60. The van der Waals surface area contributed by atoms with Gasteiger partial charge in [0, 0.05) is 28.3 Å². The lowest BCUT2D eigenvalue weighted by Gasteiger charge is -2.35. The summed E-state index contributed by atoms with van der Waals surface area (Å²) in [6.07, 6.45) is 2.13. The highest BCUT2D eigenvalue weighted by Crippen LogP contribution is 2.28. The average Bonchev–Trinajstić information content (AvgIpc) is 2.46. The van der Waals surface area contributed by atoms with Crippen molar-refractivity contribution in [3.8, 4) is 0 Å². The van der Waals surface area contributed by atoms with E-state index in [1.165, 1.54) is 0 Å². The first-order valence-corrected chi connectivity index (χ1v) is 8.27. The summed E-state index contributed by atoms with van der Waals surface area (Å²) >= 11 is 3.45. The molecule has 0 aliphatic carbocycles. The minimum Gasteiger partial charge on any atom is -0.409 e. The van der Waals surface area contributed by atoms with Gasteiger partial charge in [-0.25, -0.2) is 0 Å². The minimum absolute atomic E-state index is 0.144. The van der Waals surface area contributed by atoms with Gasteiger partial charge < -0.3 is 15.8 Å². The zero-order valence-corrected chi connectivity index (χ0v) is 14.9. The van der Waals surface area contributed by atoms with Gasteiger partial charge in [-0.1, -0.05) is 48.8 Å². The molecule has 0 spiro atoms. The number of nitrogens with zero attached hydrogens (tertiary/aromatic N) is 2. The maximum Gasteiger partial charge on any atom is 0.172 e. The molecule has 118 valence electrons. The Balaban J connectivity index is 3.35. The van der Waals surface area contributed by atoms with Crippen LogP contribution >= 0.6 is 15.9 Å². The highest BCUT2D eigenvalue weighted by Gasteiger charge is 2.21. The van der Waals surface area contributed by atoms with Gasteiger partial charge in [0.15, 0.2) is 5.84 Å². The molecule has 5 heteroatoms. The molecule has 0 saturated carbocycles. The second-order valence-electron chi connectivity index (χ2n) is 5.66. The quantitative estimate of drug-likeness (QED) is 0.333. The molecular formula is C16H26BrN3O. The third-order valence-corrected chi connectivity index (χ3v) is 4.09. The largest absolute Gasteiger partial charge is 0.409 e. The summed E-state index contributed by atoms with van der Waals surface area (Å²) in [6.45, 7) is 9.75. The van der Waals surface area contributed by atoms with E-state index >= 15 is 0 Å². The molecule has 3 N–H and O–H groups in total. The van der Waals surface area contributed by atoms with E-state index in [0.29, 0.717) is 12.0 Å². The molecule has 0 saturated heterocycles. The van der Waals surface area contributed by atoms with Crippen molar-refractivity contribution in [2.24, 2.45) is 16.8 Å². The van der Waals surface area contributed by atoms with Crippen molar-refractivity contribution in [1.82, 2.24) is 0 Å². The third kappa shape index (κ3) is 4.63. The van der Waals surface area contributed by atoms with E-state index in [0.717, 1.165) is 35.1 Å². The van der Waals surface area contributed by atoms with Crippen LogP contribution in [0.1, 0.15) is 46.1 Å². The van der Waals surface area contributed by atoms with Gasteiger partial charge >= 0.3 is 0 Å². The van der Waals surface area contributed by atoms with E-state index < -0.39 is 0 Å². The highest BCUT2D eigenvalue weighted by molar-refractivity contribution is 9.10. The van der Waals surface area contributed by atoms with Crippen LogP contribution in [0.4, 0.5) is 5.69 Å². The van der Waals surface area contributed by atoms with Crippen LogP contribution in [0.5, 0.6) is 0 Å². The van der Waals surface area contributed by atoms with Crippen LogP contribution in [0.2, 0.25) is 0 Å². The normalized spacial score (nSPS) is 12.2. The molecule has 1 rings (SSSR count). The molecule has 0 fully saturated rings. The number of nitrogens with two attached hydrogens (primary N) is 1. The Labute approximate surface area is 136 Å². The Morgan fingerprint density at radius 2 is 1.95 bits per heavy atom. The van der Waals surface area contributed by atoms with Gasteiger partial charge in [-0.05, 0) is 37.0 Å². The van der Waals surface area contributed by atoms with E-state index in [2.05, 4.69) is 53.7 Å². The summed E-state index contributed by atoms with van der Waals surface area (Å²) < 4.78 is 0.918. The van der Waals surface area contributed by atoms with Gasteiger partial charge in [-0.2, -0.15) is 0 Å². The van der Waals surface area contributed by atoms with Gasteiger partial charge in [0.1, 0.15) is 0 Å². The fraction of sp³-hybridized carbons (Fsp3) is 0.562. The molecule has 0 bridgehead atoms. The van der Waals surface area contributed by atoms with Crippen molar-refractivity contribution in [3.63, 3.8) is 0 Å². The fourth-order valence-corrected chi connectivity index (χ4v) is 2.95. The number of benzene rings is 1. The molecule has 0 unspecified atom stereocenters. The molecule has 1 aromatic rings. The number of anilines is 1. The van der Waals surface area contributed by atoms with E-state index in [-0.39, 0.29) is 5.84 Å². The second-order valence-corrected chi connectivity index (χ2v) is 6.58. The SMILES string of the molecule is CCC(CC)N(CC(C)C)c1ccc(Br)cc1/C(N)=N/O. The van der Waals surface area contributed by atoms with Crippen molar-refractivity contribution in [2.45, 2.75) is 46.6 Å². The van der Waals surface area contributed by atoms with E-state index in [9.17, 15) is 0 Å². The number of halogens is 1. The number of oxime groups is 1. The lowest BCUT2D eigenvalue weighted by atomic mass is 10.0. The average molecular weight is 356 g/mol. The molecule has 21 heavy (non-hydrogen) atoms. The summed E-state index contributed by atoms with van der Waals surface area (Å²) in [5.41, 5.74) is 7.66. The van der Waals surface area contributed by atoms with Gasteiger partial charge in [0.05, 0.1) is 0 Å². The molecule has 0 heterocycles. The highest BCUT2D eigenvalue weighted by atomic mass is 79.9. The lowest BCUT2D eigenvalue weighted by Crippen LogP contribution is -2.38. The van der Waals surface area contributed by atoms with E-state index in [1.54, 1.807) is 0 Å². The number of hydrogen-bond acceptors (Lipinski definition) is 3. The number of hydrogen-bond donors (Lipinski definition) is 2. The molecule has 0 aliphatic heterocycles. The smallest absolute Gasteiger partial charge is 0.172 e. The zero-order valence-electron chi connectivity index (χ0n) is 13.3. The van der Waals surface area contributed by atoms with Crippen molar-refractivity contribution in [3.05, 3.63) is 28.2 Å². The van der Waals surface area contributed by atoms with Crippen LogP contribution in [0.25, 0.3) is 0 Å². The molecular weight excluding hydrogens is 330 g/mol. The van der Waals surface area contributed by atoms with Crippen molar-refractivity contribution in [1.29, 1.82) is 0 Å². The van der Waals surface area contributed by atoms with Gasteiger partial charge in [0.2, 0.25) is 0 Å². The predicted molar refractivity (Wildman–Crippen MR) is 93.2 cm³/mol. The lowest BCUT2D eigenvalue weighted by molar-refractivity contribution is 0.318. The van der Waals surface area contributed by atoms with Crippen molar-refractivity contribution >= 4 is 27.5 Å². The molecule has 0 aliphatic rings. The van der Waals surface area contributed by atoms with Crippen LogP contribution in [0, 0.1) is 5.92 Å². The van der Waals surface area contributed by atoms with Crippen LogP contribution in [0.3, 0.4) is 0 Å². The Kier molecular flexibility index (Phi) is 7.02. The Hall–Kier alpha value is -1.23. The Morgan fingerprint density at radius 3 is 2.43 bits per heavy atom. The first kappa shape index (κ1) is 17.8. The minimum atomic E-state index is 0.144. The monoisotopic (exact) mass is 355 g/mol. The van der Waals surface area contributed by atoms with Gasteiger partial charge in [0.25, 0.3) is 0 Å². The molecule has 0 radical (unpaired) electrons. The standard InChI is InChI=1S/C16H26BrN3O/c1-5-13(6-2)20(10-11(3)4)15-8-7-12(17)9-14(15)16(18)19-21/h7-9,11,13,21H,5-6,10H2,1-4H3,(H2,18,19). The molecule has 0 aromatic heterocycles. The maximum atomic E-state index is 9.05. The molecule has 4 nitrogen and oxygen atoms in total. The van der Waals surface area contributed by atoms with Crippen molar-refractivity contribution < 1.29 is 5.21 Å². The second kappa shape index (κ2) is 8.27. The van der Waals surface area contributed by atoms with E-state index in [1.807, 2.05) is 18.2 Å². The predicted octanol–water partition coefficient (Wildman–Crippen LogP) is 4.19. The first-order valence-electron chi connectivity index (χ1n) is 7.48. The van der Waals surface area contributed by atoms with Crippen LogP contribution < -0.4 is 10.6 Å². The van der Waals surface area contributed by atoms with Gasteiger partial charge in [-0.3, -0.25) is 0 Å².